The number of amides is 1. The summed E-state index contributed by atoms with van der Waals surface area (Å²) in [6, 6.07) is 10.9. The summed E-state index contributed by atoms with van der Waals surface area (Å²) in [5.41, 5.74) is 1.59. The van der Waals surface area contributed by atoms with Crippen LogP contribution in [-0.2, 0) is 4.74 Å². The van der Waals surface area contributed by atoms with Crippen LogP contribution in [0.2, 0.25) is 5.02 Å². The summed E-state index contributed by atoms with van der Waals surface area (Å²) in [4.78, 5) is 17.2. The molecule has 168 valence electrons. The maximum absolute atomic E-state index is 13.3. The van der Waals surface area contributed by atoms with E-state index >= 15 is 0 Å². The number of hydrogen-bond donors (Lipinski definition) is 0. The van der Waals surface area contributed by atoms with Crippen molar-refractivity contribution >= 4 is 23.3 Å². The van der Waals surface area contributed by atoms with E-state index in [-0.39, 0.29) is 5.91 Å². The van der Waals surface area contributed by atoms with Crippen LogP contribution < -0.4 is 9.64 Å². The van der Waals surface area contributed by atoms with Gasteiger partial charge in [-0.15, -0.1) is 10.2 Å². The van der Waals surface area contributed by atoms with E-state index in [2.05, 4.69) is 20.3 Å². The number of carbonyl (C=O) groups excluding carboxylic acids is 1. The van der Waals surface area contributed by atoms with Gasteiger partial charge in [0.2, 0.25) is 5.88 Å². The average Bonchev–Trinajstić information content (AvgIpc) is 3.21. The number of piperazine rings is 1. The van der Waals surface area contributed by atoms with E-state index in [1.165, 1.54) is 0 Å². The van der Waals surface area contributed by atoms with Gasteiger partial charge >= 0.3 is 0 Å². The van der Waals surface area contributed by atoms with E-state index in [0.29, 0.717) is 72.9 Å². The predicted octanol–water partition coefficient (Wildman–Crippen LogP) is 3.08. The van der Waals surface area contributed by atoms with E-state index in [1.807, 2.05) is 24.3 Å². The lowest BCUT2D eigenvalue weighted by Gasteiger charge is -2.35. The standard InChI is InChI=1S/C22H24ClN5O4/c1-15-20(21(26-32-15)16-5-3-4-6-17(16)23)22(29)28-11-9-27(10-12-28)18-7-8-19(25-24-18)31-14-13-30-2/h3-8H,9-14H2,1-2H3. The minimum atomic E-state index is -0.119. The van der Waals surface area contributed by atoms with Crippen molar-refractivity contribution < 1.29 is 18.8 Å². The lowest BCUT2D eigenvalue weighted by molar-refractivity contribution is 0.0745. The van der Waals surface area contributed by atoms with Crippen molar-refractivity contribution in [1.82, 2.24) is 20.3 Å². The van der Waals surface area contributed by atoms with Gasteiger partial charge in [0.15, 0.2) is 5.82 Å². The van der Waals surface area contributed by atoms with Gasteiger partial charge in [-0.3, -0.25) is 4.79 Å². The largest absolute Gasteiger partial charge is 0.474 e. The highest BCUT2D eigenvalue weighted by atomic mass is 35.5. The Morgan fingerprint density at radius 2 is 1.88 bits per heavy atom. The van der Waals surface area contributed by atoms with Gasteiger partial charge in [0.1, 0.15) is 23.6 Å². The molecule has 3 aromatic rings. The molecule has 0 saturated carbocycles. The van der Waals surface area contributed by atoms with Gasteiger partial charge in [-0.2, -0.15) is 0 Å². The van der Waals surface area contributed by atoms with Crippen LogP contribution in [0.5, 0.6) is 5.88 Å². The smallest absolute Gasteiger partial charge is 0.259 e. The molecule has 0 aliphatic carbocycles. The average molecular weight is 458 g/mol. The molecule has 0 atom stereocenters. The molecular weight excluding hydrogens is 434 g/mol. The second-order valence-electron chi connectivity index (χ2n) is 7.29. The number of anilines is 1. The molecule has 0 spiro atoms. The quantitative estimate of drug-likeness (QED) is 0.499. The van der Waals surface area contributed by atoms with Crippen molar-refractivity contribution in [2.75, 3.05) is 51.4 Å². The van der Waals surface area contributed by atoms with Gasteiger partial charge in [-0.1, -0.05) is 35.0 Å². The Labute approximate surface area is 190 Å². The fraction of sp³-hybridized carbons (Fsp3) is 0.364. The van der Waals surface area contributed by atoms with Crippen LogP contribution in [0.1, 0.15) is 16.1 Å². The highest BCUT2D eigenvalue weighted by molar-refractivity contribution is 6.33. The molecule has 1 amide bonds. The highest BCUT2D eigenvalue weighted by Crippen LogP contribution is 2.32. The molecule has 1 saturated heterocycles. The van der Waals surface area contributed by atoms with Crippen molar-refractivity contribution in [2.24, 2.45) is 0 Å². The van der Waals surface area contributed by atoms with Crippen LogP contribution in [0.3, 0.4) is 0 Å². The normalized spacial score (nSPS) is 14.0. The second kappa shape index (κ2) is 9.97. The number of nitrogens with zero attached hydrogens (tertiary/aromatic N) is 5. The first-order valence-electron chi connectivity index (χ1n) is 10.3. The summed E-state index contributed by atoms with van der Waals surface area (Å²) < 4.78 is 15.8. The molecule has 32 heavy (non-hydrogen) atoms. The monoisotopic (exact) mass is 457 g/mol. The molecule has 1 fully saturated rings. The van der Waals surface area contributed by atoms with E-state index in [4.69, 9.17) is 25.6 Å². The number of hydrogen-bond acceptors (Lipinski definition) is 8. The van der Waals surface area contributed by atoms with Crippen molar-refractivity contribution in [3.8, 4) is 17.1 Å². The maximum Gasteiger partial charge on any atom is 0.259 e. The molecule has 0 bridgehead atoms. The molecule has 0 unspecified atom stereocenters. The third kappa shape index (κ3) is 4.68. The molecule has 3 heterocycles. The summed E-state index contributed by atoms with van der Waals surface area (Å²) in [5.74, 6) is 1.55. The van der Waals surface area contributed by atoms with Crippen LogP contribution >= 0.6 is 11.6 Å². The number of methoxy groups -OCH3 is 1. The summed E-state index contributed by atoms with van der Waals surface area (Å²) >= 11 is 6.32. The van der Waals surface area contributed by atoms with Crippen molar-refractivity contribution in [2.45, 2.75) is 6.92 Å². The number of carbonyl (C=O) groups is 1. The van der Waals surface area contributed by atoms with Crippen LogP contribution in [0.4, 0.5) is 5.82 Å². The first-order valence-corrected chi connectivity index (χ1v) is 10.7. The molecular formula is C22H24ClN5O4. The number of halogens is 1. The minimum absolute atomic E-state index is 0.119. The Bertz CT molecular complexity index is 1060. The van der Waals surface area contributed by atoms with Gasteiger partial charge in [0.25, 0.3) is 5.91 Å². The van der Waals surface area contributed by atoms with Crippen LogP contribution in [0, 0.1) is 6.92 Å². The van der Waals surface area contributed by atoms with Gasteiger partial charge in [-0.25, -0.2) is 0 Å². The second-order valence-corrected chi connectivity index (χ2v) is 7.70. The third-order valence-corrected chi connectivity index (χ3v) is 5.59. The molecule has 0 radical (unpaired) electrons. The highest BCUT2D eigenvalue weighted by Gasteiger charge is 2.29. The Hall–Kier alpha value is -3.17. The molecule has 10 heteroatoms. The van der Waals surface area contributed by atoms with Gasteiger partial charge in [0, 0.05) is 44.9 Å². The molecule has 9 nitrogen and oxygen atoms in total. The Morgan fingerprint density at radius 3 is 2.56 bits per heavy atom. The van der Waals surface area contributed by atoms with Crippen LogP contribution in [-0.4, -0.2) is 72.7 Å². The summed E-state index contributed by atoms with van der Waals surface area (Å²) in [6.07, 6.45) is 0. The third-order valence-electron chi connectivity index (χ3n) is 5.26. The van der Waals surface area contributed by atoms with E-state index in [0.717, 1.165) is 5.82 Å². The molecule has 0 N–H and O–H groups in total. The Kier molecular flexibility index (Phi) is 6.87. The first-order chi connectivity index (χ1) is 15.6. The number of aryl methyl sites for hydroxylation is 1. The zero-order chi connectivity index (χ0) is 22.5. The number of rotatable bonds is 7. The predicted molar refractivity (Wildman–Crippen MR) is 119 cm³/mol. The lowest BCUT2D eigenvalue weighted by atomic mass is 10.0. The Balaban J connectivity index is 1.42. The van der Waals surface area contributed by atoms with Gasteiger partial charge in [0.05, 0.1) is 11.6 Å². The molecule has 1 aromatic carbocycles. The number of benzene rings is 1. The molecule has 2 aromatic heterocycles. The van der Waals surface area contributed by atoms with Crippen molar-refractivity contribution in [3.05, 3.63) is 52.7 Å². The lowest BCUT2D eigenvalue weighted by Crippen LogP contribution is -2.49. The summed E-state index contributed by atoms with van der Waals surface area (Å²) in [7, 11) is 1.62. The van der Waals surface area contributed by atoms with Gasteiger partial charge < -0.3 is 23.8 Å². The van der Waals surface area contributed by atoms with Crippen LogP contribution in [0.25, 0.3) is 11.3 Å². The van der Waals surface area contributed by atoms with Crippen molar-refractivity contribution in [1.29, 1.82) is 0 Å². The van der Waals surface area contributed by atoms with E-state index in [1.54, 1.807) is 31.1 Å². The van der Waals surface area contributed by atoms with Crippen molar-refractivity contribution in [3.63, 3.8) is 0 Å². The molecule has 1 aliphatic heterocycles. The van der Waals surface area contributed by atoms with E-state index < -0.39 is 0 Å². The topological polar surface area (TPSA) is 93.8 Å². The zero-order valence-electron chi connectivity index (χ0n) is 18.0. The first kappa shape index (κ1) is 22.0. The maximum atomic E-state index is 13.3. The fourth-order valence-corrected chi connectivity index (χ4v) is 3.77. The van der Waals surface area contributed by atoms with Crippen LogP contribution in [0.15, 0.2) is 40.9 Å². The molecule has 4 rings (SSSR count). The number of ether oxygens (including phenoxy) is 2. The SMILES string of the molecule is COCCOc1ccc(N2CCN(C(=O)c3c(-c4ccccc4Cl)noc3C)CC2)nn1. The Morgan fingerprint density at radius 1 is 1.09 bits per heavy atom. The van der Waals surface area contributed by atoms with E-state index in [9.17, 15) is 4.79 Å². The fourth-order valence-electron chi connectivity index (χ4n) is 3.55. The summed E-state index contributed by atoms with van der Waals surface area (Å²) in [5, 5.41) is 13.0. The number of aromatic nitrogens is 3. The minimum Gasteiger partial charge on any atom is -0.474 e. The molecule has 1 aliphatic rings. The summed E-state index contributed by atoms with van der Waals surface area (Å²) in [6.45, 7) is 5.00. The van der Waals surface area contributed by atoms with Gasteiger partial charge in [-0.05, 0) is 19.1 Å². The zero-order valence-corrected chi connectivity index (χ0v) is 18.7.